The molecular formula is C20H22F2N2O5S. The minimum Gasteiger partial charge on any atom is -0.493 e. The fourth-order valence-corrected chi connectivity index (χ4v) is 4.54. The second-order valence-electron chi connectivity index (χ2n) is 6.79. The lowest BCUT2D eigenvalue weighted by Gasteiger charge is -2.18. The number of amides is 1. The van der Waals surface area contributed by atoms with E-state index in [1.165, 1.54) is 31.4 Å². The van der Waals surface area contributed by atoms with Gasteiger partial charge in [0.15, 0.2) is 11.5 Å². The molecule has 1 N–H and O–H groups in total. The average Bonchev–Trinajstić information content (AvgIpc) is 3.12. The molecule has 162 valence electrons. The summed E-state index contributed by atoms with van der Waals surface area (Å²) in [4.78, 5) is 13.6. The summed E-state index contributed by atoms with van der Waals surface area (Å²) in [7, 11) is -2.53. The molecule has 10 heteroatoms. The van der Waals surface area contributed by atoms with Crippen LogP contribution < -0.4 is 19.1 Å². The summed E-state index contributed by atoms with van der Waals surface area (Å²) in [6.07, 6.45) is 1.27. The van der Waals surface area contributed by atoms with Gasteiger partial charge in [-0.25, -0.2) is 13.1 Å². The molecule has 0 radical (unpaired) electrons. The number of anilines is 1. The van der Waals surface area contributed by atoms with Gasteiger partial charge < -0.3 is 14.4 Å². The zero-order valence-electron chi connectivity index (χ0n) is 16.5. The van der Waals surface area contributed by atoms with Crippen LogP contribution in [-0.4, -0.2) is 34.6 Å². The highest BCUT2D eigenvalue weighted by molar-refractivity contribution is 7.89. The molecule has 0 aromatic heterocycles. The van der Waals surface area contributed by atoms with E-state index in [2.05, 4.69) is 9.46 Å². The third kappa shape index (κ3) is 4.88. The lowest BCUT2D eigenvalue weighted by atomic mass is 10.2. The Bertz CT molecular complexity index is 1040. The Morgan fingerprint density at radius 1 is 1.17 bits per heavy atom. The number of hydrogen-bond donors (Lipinski definition) is 1. The number of alkyl halides is 2. The quantitative estimate of drug-likeness (QED) is 0.681. The van der Waals surface area contributed by atoms with E-state index >= 15 is 0 Å². The predicted molar refractivity (Wildman–Crippen MR) is 106 cm³/mol. The molecule has 1 saturated heterocycles. The first-order chi connectivity index (χ1) is 14.2. The first kappa shape index (κ1) is 22.0. The standard InChI is InChI=1S/C20H22F2N2O5S/c1-13-10-15(24-9-3-4-19(24)25)6-8-18(13)30(26,27)23-12-14-5-7-16(29-20(21)22)17(11-14)28-2/h5-8,10-11,20,23H,3-4,9,12H2,1-2H3. The number of nitrogens with one attached hydrogen (secondary N) is 1. The highest BCUT2D eigenvalue weighted by Crippen LogP contribution is 2.30. The van der Waals surface area contributed by atoms with Crippen molar-refractivity contribution in [3.8, 4) is 11.5 Å². The first-order valence-corrected chi connectivity index (χ1v) is 10.7. The molecule has 0 unspecified atom stereocenters. The van der Waals surface area contributed by atoms with Gasteiger partial charge in [0, 0.05) is 25.2 Å². The van der Waals surface area contributed by atoms with Crippen LogP contribution >= 0.6 is 0 Å². The maximum absolute atomic E-state index is 12.7. The Morgan fingerprint density at radius 3 is 2.53 bits per heavy atom. The van der Waals surface area contributed by atoms with Crippen molar-refractivity contribution in [1.82, 2.24) is 4.72 Å². The number of carbonyl (C=O) groups excluding carboxylic acids is 1. The average molecular weight is 440 g/mol. The summed E-state index contributed by atoms with van der Waals surface area (Å²) in [6, 6.07) is 8.95. The summed E-state index contributed by atoms with van der Waals surface area (Å²) in [5, 5.41) is 0. The van der Waals surface area contributed by atoms with Crippen LogP contribution in [-0.2, 0) is 21.4 Å². The first-order valence-electron chi connectivity index (χ1n) is 9.23. The van der Waals surface area contributed by atoms with E-state index in [0.29, 0.717) is 29.8 Å². The molecule has 2 aromatic rings. The van der Waals surface area contributed by atoms with E-state index in [4.69, 9.17) is 4.74 Å². The predicted octanol–water partition coefficient (Wildman–Crippen LogP) is 3.21. The van der Waals surface area contributed by atoms with E-state index in [9.17, 15) is 22.0 Å². The van der Waals surface area contributed by atoms with Crippen molar-refractivity contribution >= 4 is 21.6 Å². The number of ether oxygens (including phenoxy) is 2. The third-order valence-electron chi connectivity index (χ3n) is 4.74. The van der Waals surface area contributed by atoms with Crippen LogP contribution in [0.4, 0.5) is 14.5 Å². The van der Waals surface area contributed by atoms with E-state index in [-0.39, 0.29) is 28.8 Å². The van der Waals surface area contributed by atoms with Gasteiger partial charge in [0.2, 0.25) is 15.9 Å². The Morgan fingerprint density at radius 2 is 1.93 bits per heavy atom. The van der Waals surface area contributed by atoms with Crippen molar-refractivity contribution in [2.75, 3.05) is 18.6 Å². The topological polar surface area (TPSA) is 84.9 Å². The van der Waals surface area contributed by atoms with Crippen LogP contribution in [0.5, 0.6) is 11.5 Å². The summed E-state index contributed by atoms with van der Waals surface area (Å²) in [6.45, 7) is -0.780. The zero-order chi connectivity index (χ0) is 21.9. The molecule has 1 amide bonds. The van der Waals surface area contributed by atoms with Crippen molar-refractivity contribution in [2.24, 2.45) is 0 Å². The Labute approximate surface area is 173 Å². The molecule has 0 spiro atoms. The Hall–Kier alpha value is -2.72. The minimum absolute atomic E-state index is 0.0244. The number of halogens is 2. The van der Waals surface area contributed by atoms with Crippen molar-refractivity contribution in [3.63, 3.8) is 0 Å². The van der Waals surface area contributed by atoms with Crippen molar-refractivity contribution in [3.05, 3.63) is 47.5 Å². The molecule has 0 aliphatic carbocycles. The van der Waals surface area contributed by atoms with Crippen LogP contribution in [0.25, 0.3) is 0 Å². The normalized spacial score (nSPS) is 14.4. The van der Waals surface area contributed by atoms with Crippen LogP contribution in [0.2, 0.25) is 0 Å². The van der Waals surface area contributed by atoms with Crippen molar-refractivity contribution in [2.45, 2.75) is 37.8 Å². The van der Waals surface area contributed by atoms with Crippen LogP contribution in [0.15, 0.2) is 41.3 Å². The van der Waals surface area contributed by atoms with Crippen LogP contribution in [0.3, 0.4) is 0 Å². The number of sulfonamides is 1. The Balaban J connectivity index is 1.74. The lowest BCUT2D eigenvalue weighted by molar-refractivity contribution is -0.117. The van der Waals surface area contributed by atoms with Gasteiger partial charge in [0.25, 0.3) is 0 Å². The van der Waals surface area contributed by atoms with Gasteiger partial charge in [-0.1, -0.05) is 6.07 Å². The monoisotopic (exact) mass is 440 g/mol. The molecule has 1 heterocycles. The van der Waals surface area contributed by atoms with Gasteiger partial charge in [-0.15, -0.1) is 0 Å². The second kappa shape index (κ2) is 8.97. The molecule has 3 rings (SSSR count). The molecule has 1 aliphatic heterocycles. The number of hydrogen-bond acceptors (Lipinski definition) is 5. The number of benzene rings is 2. The minimum atomic E-state index is -3.84. The van der Waals surface area contributed by atoms with E-state index < -0.39 is 16.6 Å². The zero-order valence-corrected chi connectivity index (χ0v) is 17.3. The number of rotatable bonds is 8. The summed E-state index contributed by atoms with van der Waals surface area (Å²) in [5.41, 5.74) is 1.69. The van der Waals surface area contributed by atoms with Gasteiger partial charge in [-0.2, -0.15) is 8.78 Å². The summed E-state index contributed by atoms with van der Waals surface area (Å²) in [5.74, 6) is -0.0406. The maximum atomic E-state index is 12.7. The highest BCUT2D eigenvalue weighted by atomic mass is 32.2. The molecule has 0 bridgehead atoms. The molecule has 0 saturated carbocycles. The van der Waals surface area contributed by atoms with Crippen molar-refractivity contribution < 1.29 is 31.5 Å². The number of aryl methyl sites for hydroxylation is 1. The summed E-state index contributed by atoms with van der Waals surface area (Å²) < 4.78 is 62.2. The van der Waals surface area contributed by atoms with Gasteiger partial charge in [-0.05, 0) is 54.8 Å². The van der Waals surface area contributed by atoms with Gasteiger partial charge in [0.05, 0.1) is 12.0 Å². The lowest BCUT2D eigenvalue weighted by Crippen LogP contribution is -2.26. The van der Waals surface area contributed by atoms with E-state index in [0.717, 1.165) is 6.42 Å². The molecule has 30 heavy (non-hydrogen) atoms. The number of carbonyl (C=O) groups is 1. The maximum Gasteiger partial charge on any atom is 0.387 e. The third-order valence-corrected chi connectivity index (χ3v) is 6.30. The summed E-state index contributed by atoms with van der Waals surface area (Å²) >= 11 is 0. The fraction of sp³-hybridized carbons (Fsp3) is 0.350. The molecule has 0 atom stereocenters. The number of methoxy groups -OCH3 is 1. The van der Waals surface area contributed by atoms with Crippen LogP contribution in [0.1, 0.15) is 24.0 Å². The molecular weight excluding hydrogens is 418 g/mol. The molecule has 1 fully saturated rings. The van der Waals surface area contributed by atoms with Gasteiger partial charge >= 0.3 is 6.61 Å². The molecule has 7 nitrogen and oxygen atoms in total. The Kier molecular flexibility index (Phi) is 6.57. The second-order valence-corrected chi connectivity index (χ2v) is 8.52. The molecule has 2 aromatic carbocycles. The fourth-order valence-electron chi connectivity index (χ4n) is 3.30. The highest BCUT2D eigenvalue weighted by Gasteiger charge is 2.24. The van der Waals surface area contributed by atoms with Gasteiger partial charge in [-0.3, -0.25) is 4.79 Å². The SMILES string of the molecule is COc1cc(CNS(=O)(=O)c2ccc(N3CCCC3=O)cc2C)ccc1OC(F)F. The van der Waals surface area contributed by atoms with Gasteiger partial charge in [0.1, 0.15) is 0 Å². The smallest absolute Gasteiger partial charge is 0.387 e. The molecule has 1 aliphatic rings. The van der Waals surface area contributed by atoms with Crippen LogP contribution in [0, 0.1) is 6.92 Å². The van der Waals surface area contributed by atoms with E-state index in [1.807, 2.05) is 0 Å². The van der Waals surface area contributed by atoms with E-state index in [1.54, 1.807) is 24.0 Å². The van der Waals surface area contributed by atoms with Crippen molar-refractivity contribution in [1.29, 1.82) is 0 Å². The number of nitrogens with zero attached hydrogens (tertiary/aromatic N) is 1. The largest absolute Gasteiger partial charge is 0.493 e.